The molecule has 1 aliphatic heterocycles. The topological polar surface area (TPSA) is 47.0 Å². The van der Waals surface area contributed by atoms with Crippen LogP contribution in [0.1, 0.15) is 25.1 Å². The third kappa shape index (κ3) is 3.41. The lowest BCUT2D eigenvalue weighted by atomic mass is 10.2. The van der Waals surface area contributed by atoms with Crippen molar-refractivity contribution in [3.63, 3.8) is 0 Å². The first-order chi connectivity index (χ1) is 6.86. The van der Waals surface area contributed by atoms with Gasteiger partial charge in [-0.05, 0) is 19.9 Å². The van der Waals surface area contributed by atoms with Gasteiger partial charge in [0.15, 0.2) is 0 Å². The molecule has 1 aromatic heterocycles. The molecule has 1 fully saturated rings. The molecule has 15 heavy (non-hydrogen) atoms. The van der Waals surface area contributed by atoms with E-state index in [2.05, 4.69) is 15.3 Å². The molecule has 1 unspecified atom stereocenters. The molecule has 0 amide bonds. The molecule has 1 saturated heterocycles. The molecule has 84 valence electrons. The molecular formula is C10H16ClN3O. The Bertz CT molecular complexity index is 277. The van der Waals surface area contributed by atoms with Crippen LogP contribution >= 0.6 is 12.4 Å². The van der Waals surface area contributed by atoms with Crippen LogP contribution in [0.2, 0.25) is 0 Å². The molecule has 4 nitrogen and oxygen atoms in total. The van der Waals surface area contributed by atoms with Crippen LogP contribution in [-0.4, -0.2) is 29.2 Å². The summed E-state index contributed by atoms with van der Waals surface area (Å²) < 4.78 is 5.83. The second-order valence-corrected chi connectivity index (χ2v) is 3.52. The largest absolute Gasteiger partial charge is 0.368 e. The minimum atomic E-state index is 0. The second-order valence-electron chi connectivity index (χ2n) is 3.52. The Hall–Kier alpha value is -0.710. The van der Waals surface area contributed by atoms with Crippen LogP contribution in [0.15, 0.2) is 18.6 Å². The summed E-state index contributed by atoms with van der Waals surface area (Å²) in [7, 11) is 0. The summed E-state index contributed by atoms with van der Waals surface area (Å²) in [4.78, 5) is 8.24. The predicted molar refractivity (Wildman–Crippen MR) is 60.1 cm³/mol. The summed E-state index contributed by atoms with van der Waals surface area (Å²) >= 11 is 0. The number of hydrogen-bond donors (Lipinski definition) is 1. The van der Waals surface area contributed by atoms with E-state index in [1.165, 1.54) is 0 Å². The summed E-state index contributed by atoms with van der Waals surface area (Å²) in [6.45, 7) is 4.02. The molecule has 2 rings (SSSR count). The number of nitrogens with zero attached hydrogens (tertiary/aromatic N) is 2. The van der Waals surface area contributed by atoms with Crippen LogP contribution in [-0.2, 0) is 4.74 Å². The second kappa shape index (κ2) is 6.00. The SMILES string of the molecule is CC(O[C@@H]1CCNC1)c1cnccn1.Cl. The highest BCUT2D eigenvalue weighted by Crippen LogP contribution is 2.17. The summed E-state index contributed by atoms with van der Waals surface area (Å²) in [5, 5.41) is 3.27. The third-order valence-electron chi connectivity index (χ3n) is 2.41. The lowest BCUT2D eigenvalue weighted by Gasteiger charge is -2.16. The van der Waals surface area contributed by atoms with Crippen LogP contribution < -0.4 is 5.32 Å². The quantitative estimate of drug-likeness (QED) is 0.850. The number of hydrogen-bond acceptors (Lipinski definition) is 4. The molecular weight excluding hydrogens is 214 g/mol. The molecule has 5 heteroatoms. The van der Waals surface area contributed by atoms with E-state index in [0.29, 0.717) is 6.10 Å². The smallest absolute Gasteiger partial charge is 0.0986 e. The normalized spacial score (nSPS) is 22.1. The highest BCUT2D eigenvalue weighted by atomic mass is 35.5. The molecule has 0 aliphatic carbocycles. The van der Waals surface area contributed by atoms with Gasteiger partial charge >= 0.3 is 0 Å². The van der Waals surface area contributed by atoms with E-state index in [-0.39, 0.29) is 18.5 Å². The van der Waals surface area contributed by atoms with Crippen molar-refractivity contribution < 1.29 is 4.74 Å². The molecule has 1 aliphatic rings. The summed E-state index contributed by atoms with van der Waals surface area (Å²) in [5.41, 5.74) is 0.902. The maximum atomic E-state index is 5.83. The van der Waals surface area contributed by atoms with Gasteiger partial charge < -0.3 is 10.1 Å². The monoisotopic (exact) mass is 229 g/mol. The molecule has 0 spiro atoms. The lowest BCUT2D eigenvalue weighted by molar-refractivity contribution is 0.00582. The van der Waals surface area contributed by atoms with Crippen molar-refractivity contribution in [3.8, 4) is 0 Å². The fraction of sp³-hybridized carbons (Fsp3) is 0.600. The Morgan fingerprint density at radius 1 is 1.53 bits per heavy atom. The highest BCUT2D eigenvalue weighted by molar-refractivity contribution is 5.85. The fourth-order valence-electron chi connectivity index (χ4n) is 1.62. The van der Waals surface area contributed by atoms with Crippen molar-refractivity contribution in [2.24, 2.45) is 0 Å². The minimum absolute atomic E-state index is 0. The molecule has 2 heterocycles. The predicted octanol–water partition coefficient (Wildman–Crippen LogP) is 1.34. The lowest BCUT2D eigenvalue weighted by Crippen LogP contribution is -2.19. The van der Waals surface area contributed by atoms with Crippen molar-refractivity contribution in [2.75, 3.05) is 13.1 Å². The highest BCUT2D eigenvalue weighted by Gasteiger charge is 2.18. The van der Waals surface area contributed by atoms with E-state index in [9.17, 15) is 0 Å². The van der Waals surface area contributed by atoms with E-state index in [0.717, 1.165) is 25.2 Å². The summed E-state index contributed by atoms with van der Waals surface area (Å²) in [6, 6.07) is 0. The van der Waals surface area contributed by atoms with Crippen LogP contribution in [0, 0.1) is 0 Å². The fourth-order valence-corrected chi connectivity index (χ4v) is 1.62. The van der Waals surface area contributed by atoms with Gasteiger partial charge in [0, 0.05) is 18.9 Å². The Labute approximate surface area is 95.9 Å². The van der Waals surface area contributed by atoms with E-state index in [1.807, 2.05) is 6.92 Å². The number of nitrogens with one attached hydrogen (secondary N) is 1. The maximum absolute atomic E-state index is 5.83. The Morgan fingerprint density at radius 2 is 2.40 bits per heavy atom. The number of aromatic nitrogens is 2. The molecule has 0 saturated carbocycles. The standard InChI is InChI=1S/C10H15N3O.ClH/c1-8(10-7-12-4-5-13-10)14-9-2-3-11-6-9;/h4-5,7-9,11H,2-3,6H2,1H3;1H/t8?,9-;/m1./s1. The van der Waals surface area contributed by atoms with Crippen molar-refractivity contribution in [1.82, 2.24) is 15.3 Å². The zero-order chi connectivity index (χ0) is 9.80. The molecule has 0 radical (unpaired) electrons. The molecule has 1 aromatic rings. The van der Waals surface area contributed by atoms with Gasteiger partial charge in [0.2, 0.25) is 0 Å². The van der Waals surface area contributed by atoms with Gasteiger partial charge in [0.1, 0.15) is 0 Å². The third-order valence-corrected chi connectivity index (χ3v) is 2.41. The van der Waals surface area contributed by atoms with E-state index < -0.39 is 0 Å². The van der Waals surface area contributed by atoms with Gasteiger partial charge in [0.05, 0.1) is 24.1 Å². The van der Waals surface area contributed by atoms with Gasteiger partial charge in [-0.3, -0.25) is 9.97 Å². The van der Waals surface area contributed by atoms with Gasteiger partial charge in [-0.1, -0.05) is 0 Å². The first-order valence-corrected chi connectivity index (χ1v) is 4.98. The van der Waals surface area contributed by atoms with Crippen LogP contribution in [0.5, 0.6) is 0 Å². The first kappa shape index (κ1) is 12.4. The van der Waals surface area contributed by atoms with E-state index >= 15 is 0 Å². The van der Waals surface area contributed by atoms with Crippen LogP contribution in [0.4, 0.5) is 0 Å². The zero-order valence-electron chi connectivity index (χ0n) is 8.72. The average Bonchev–Trinajstić information content (AvgIpc) is 2.72. The summed E-state index contributed by atoms with van der Waals surface area (Å²) in [5.74, 6) is 0. The van der Waals surface area contributed by atoms with Gasteiger partial charge in [-0.25, -0.2) is 0 Å². The Kier molecular flexibility index (Phi) is 4.94. The molecule has 0 bridgehead atoms. The maximum Gasteiger partial charge on any atom is 0.0986 e. The van der Waals surface area contributed by atoms with Gasteiger partial charge in [-0.15, -0.1) is 12.4 Å². The molecule has 0 aromatic carbocycles. The Morgan fingerprint density at radius 3 is 3.00 bits per heavy atom. The zero-order valence-corrected chi connectivity index (χ0v) is 9.54. The van der Waals surface area contributed by atoms with Gasteiger partial charge in [-0.2, -0.15) is 0 Å². The van der Waals surface area contributed by atoms with Crippen molar-refractivity contribution >= 4 is 12.4 Å². The molecule has 2 atom stereocenters. The number of rotatable bonds is 3. The van der Waals surface area contributed by atoms with Gasteiger partial charge in [0.25, 0.3) is 0 Å². The minimum Gasteiger partial charge on any atom is -0.368 e. The average molecular weight is 230 g/mol. The first-order valence-electron chi connectivity index (χ1n) is 4.98. The van der Waals surface area contributed by atoms with Crippen molar-refractivity contribution in [1.29, 1.82) is 0 Å². The molecule has 1 N–H and O–H groups in total. The van der Waals surface area contributed by atoms with Crippen LogP contribution in [0.3, 0.4) is 0 Å². The van der Waals surface area contributed by atoms with Crippen LogP contribution in [0.25, 0.3) is 0 Å². The summed E-state index contributed by atoms with van der Waals surface area (Å²) in [6.07, 6.45) is 6.58. The van der Waals surface area contributed by atoms with Crippen molar-refractivity contribution in [2.45, 2.75) is 25.6 Å². The van der Waals surface area contributed by atoms with Crippen molar-refractivity contribution in [3.05, 3.63) is 24.3 Å². The number of halogens is 1. The van der Waals surface area contributed by atoms with E-state index in [1.54, 1.807) is 18.6 Å². The van der Waals surface area contributed by atoms with E-state index in [4.69, 9.17) is 4.74 Å². The Balaban J connectivity index is 0.00000112. The number of ether oxygens (including phenoxy) is 1.